The summed E-state index contributed by atoms with van der Waals surface area (Å²) in [5, 5.41) is 3.42. The maximum absolute atomic E-state index is 11.9. The minimum absolute atomic E-state index is 0. The van der Waals surface area contributed by atoms with Crippen LogP contribution in [0.2, 0.25) is 0 Å². The normalized spacial score (nSPS) is 15.1. The fourth-order valence-electron chi connectivity index (χ4n) is 3.19. The van der Waals surface area contributed by atoms with Gasteiger partial charge in [0.1, 0.15) is 12.4 Å². The van der Waals surface area contributed by atoms with Gasteiger partial charge in [-0.15, -0.1) is 24.0 Å². The molecule has 1 aliphatic rings. The molecule has 0 bridgehead atoms. The Morgan fingerprint density at radius 1 is 1.31 bits per heavy atom. The lowest BCUT2D eigenvalue weighted by molar-refractivity contribution is -0.149. The van der Waals surface area contributed by atoms with E-state index in [1.807, 2.05) is 33.2 Å². The van der Waals surface area contributed by atoms with Crippen LogP contribution in [0.4, 0.5) is 0 Å². The van der Waals surface area contributed by atoms with E-state index in [0.717, 1.165) is 49.7 Å². The van der Waals surface area contributed by atoms with E-state index < -0.39 is 0 Å². The standard InChI is InChI=1S/C21H34N4O3.HI/c1-5-27-20(26)18-9-11-25(12-10-18)21(22-2)23-16-17-7-6-8-19(15-17)28-14-13-24(3)4;/h6-8,15,18H,5,9-14,16H2,1-4H3,(H,22,23);1H. The highest BCUT2D eigenvalue weighted by molar-refractivity contribution is 14.0. The Labute approximate surface area is 191 Å². The molecule has 0 saturated carbocycles. The van der Waals surface area contributed by atoms with Crippen molar-refractivity contribution < 1.29 is 14.3 Å². The third kappa shape index (κ3) is 8.77. The van der Waals surface area contributed by atoms with Gasteiger partial charge in [-0.1, -0.05) is 12.1 Å². The number of carbonyl (C=O) groups is 1. The van der Waals surface area contributed by atoms with Gasteiger partial charge in [0.05, 0.1) is 12.5 Å². The topological polar surface area (TPSA) is 66.4 Å². The van der Waals surface area contributed by atoms with E-state index in [1.165, 1.54) is 0 Å². The van der Waals surface area contributed by atoms with Gasteiger partial charge in [-0.05, 0) is 51.6 Å². The summed E-state index contributed by atoms with van der Waals surface area (Å²) in [5.74, 6) is 1.68. The van der Waals surface area contributed by atoms with Crippen LogP contribution in [-0.4, -0.2) is 75.7 Å². The molecule has 1 aromatic carbocycles. The van der Waals surface area contributed by atoms with Gasteiger partial charge >= 0.3 is 5.97 Å². The van der Waals surface area contributed by atoms with E-state index in [1.54, 1.807) is 7.05 Å². The number of nitrogens with zero attached hydrogens (tertiary/aromatic N) is 3. The van der Waals surface area contributed by atoms with E-state index in [-0.39, 0.29) is 35.9 Å². The van der Waals surface area contributed by atoms with Crippen LogP contribution in [0.1, 0.15) is 25.3 Å². The summed E-state index contributed by atoms with van der Waals surface area (Å²) in [4.78, 5) is 20.6. The number of nitrogens with one attached hydrogen (secondary N) is 1. The van der Waals surface area contributed by atoms with Crippen LogP contribution in [0.15, 0.2) is 29.3 Å². The average Bonchev–Trinajstić information content (AvgIpc) is 2.69. The largest absolute Gasteiger partial charge is 0.492 e. The molecule has 1 fully saturated rings. The van der Waals surface area contributed by atoms with Crippen LogP contribution >= 0.6 is 24.0 Å². The lowest BCUT2D eigenvalue weighted by Gasteiger charge is -2.33. The Bertz CT molecular complexity index is 647. The molecular weight excluding hydrogens is 483 g/mol. The van der Waals surface area contributed by atoms with Crippen molar-refractivity contribution in [1.29, 1.82) is 0 Å². The number of esters is 1. The monoisotopic (exact) mass is 518 g/mol. The summed E-state index contributed by atoms with van der Waals surface area (Å²) >= 11 is 0. The Kier molecular flexibility index (Phi) is 12.0. The second kappa shape index (κ2) is 13.6. The summed E-state index contributed by atoms with van der Waals surface area (Å²) in [6, 6.07) is 8.12. The van der Waals surface area contributed by atoms with Gasteiger partial charge in [-0.25, -0.2) is 0 Å². The molecule has 1 N–H and O–H groups in total. The van der Waals surface area contributed by atoms with Crippen LogP contribution in [-0.2, 0) is 16.1 Å². The van der Waals surface area contributed by atoms with Gasteiger partial charge in [0, 0.05) is 33.2 Å². The molecule has 0 spiro atoms. The SMILES string of the molecule is CCOC(=O)C1CCN(C(=NC)NCc2cccc(OCCN(C)C)c2)CC1.I. The second-order valence-corrected chi connectivity index (χ2v) is 7.21. The van der Waals surface area contributed by atoms with Crippen LogP contribution in [0.3, 0.4) is 0 Å². The smallest absolute Gasteiger partial charge is 0.309 e. The predicted molar refractivity (Wildman–Crippen MR) is 127 cm³/mol. The number of likely N-dealkylation sites (N-methyl/N-ethyl adjacent to an activating group) is 1. The number of hydrogen-bond donors (Lipinski definition) is 1. The van der Waals surface area contributed by atoms with Crippen molar-refractivity contribution in [3.8, 4) is 5.75 Å². The molecule has 7 nitrogen and oxygen atoms in total. The third-order valence-corrected chi connectivity index (χ3v) is 4.78. The van der Waals surface area contributed by atoms with Gasteiger partial charge in [0.2, 0.25) is 0 Å². The van der Waals surface area contributed by atoms with E-state index >= 15 is 0 Å². The first-order valence-electron chi connectivity index (χ1n) is 10.0. The number of benzene rings is 1. The van der Waals surface area contributed by atoms with E-state index in [2.05, 4.69) is 32.2 Å². The number of rotatable bonds is 8. The fraction of sp³-hybridized carbons (Fsp3) is 0.619. The first-order chi connectivity index (χ1) is 13.5. The molecule has 0 aromatic heterocycles. The maximum atomic E-state index is 11.9. The number of hydrogen-bond acceptors (Lipinski definition) is 5. The van der Waals surface area contributed by atoms with E-state index in [9.17, 15) is 4.79 Å². The zero-order valence-electron chi connectivity index (χ0n) is 18.0. The highest BCUT2D eigenvalue weighted by Crippen LogP contribution is 2.19. The number of piperidine rings is 1. The molecule has 1 heterocycles. The zero-order chi connectivity index (χ0) is 20.4. The molecule has 2 rings (SSSR count). The van der Waals surface area contributed by atoms with E-state index in [0.29, 0.717) is 19.8 Å². The van der Waals surface area contributed by atoms with Gasteiger partial charge in [0.15, 0.2) is 5.96 Å². The first kappa shape index (κ1) is 25.5. The third-order valence-electron chi connectivity index (χ3n) is 4.78. The molecular formula is C21H35IN4O3. The van der Waals surface area contributed by atoms with Crippen LogP contribution in [0.5, 0.6) is 5.75 Å². The summed E-state index contributed by atoms with van der Waals surface area (Å²) in [5.41, 5.74) is 1.14. The first-order valence-corrected chi connectivity index (χ1v) is 10.0. The van der Waals surface area contributed by atoms with Crippen molar-refractivity contribution in [2.24, 2.45) is 10.9 Å². The number of likely N-dealkylation sites (tertiary alicyclic amines) is 1. The molecule has 1 aromatic rings. The van der Waals surface area contributed by atoms with Gasteiger partial charge in [0.25, 0.3) is 0 Å². The van der Waals surface area contributed by atoms with Crippen molar-refractivity contribution in [3.05, 3.63) is 29.8 Å². The summed E-state index contributed by atoms with van der Waals surface area (Å²) in [6.07, 6.45) is 1.60. The molecule has 29 heavy (non-hydrogen) atoms. The summed E-state index contributed by atoms with van der Waals surface area (Å²) in [6.45, 7) is 6.13. The highest BCUT2D eigenvalue weighted by atomic mass is 127. The number of guanidine groups is 1. The van der Waals surface area contributed by atoms with Crippen LogP contribution < -0.4 is 10.1 Å². The molecule has 8 heteroatoms. The predicted octanol–water partition coefficient (Wildman–Crippen LogP) is 2.60. The number of halogens is 1. The molecule has 0 aliphatic carbocycles. The Morgan fingerprint density at radius 2 is 2.03 bits per heavy atom. The average molecular weight is 518 g/mol. The molecule has 0 atom stereocenters. The van der Waals surface area contributed by atoms with Crippen molar-refractivity contribution in [3.63, 3.8) is 0 Å². The molecule has 0 radical (unpaired) electrons. The Hall–Kier alpha value is -1.55. The van der Waals surface area contributed by atoms with E-state index in [4.69, 9.17) is 9.47 Å². The molecule has 0 amide bonds. The quantitative estimate of drug-likeness (QED) is 0.247. The van der Waals surface area contributed by atoms with Crippen molar-refractivity contribution in [2.45, 2.75) is 26.3 Å². The second-order valence-electron chi connectivity index (χ2n) is 7.21. The summed E-state index contributed by atoms with van der Waals surface area (Å²) < 4.78 is 11.0. The molecule has 1 saturated heterocycles. The van der Waals surface area contributed by atoms with Gasteiger partial charge in [-0.2, -0.15) is 0 Å². The van der Waals surface area contributed by atoms with Crippen molar-refractivity contribution >= 4 is 35.9 Å². The minimum atomic E-state index is -0.0730. The number of carbonyl (C=O) groups excluding carboxylic acids is 1. The van der Waals surface area contributed by atoms with Crippen molar-refractivity contribution in [2.75, 3.05) is 54.0 Å². The minimum Gasteiger partial charge on any atom is -0.492 e. The molecule has 164 valence electrons. The zero-order valence-corrected chi connectivity index (χ0v) is 20.3. The fourth-order valence-corrected chi connectivity index (χ4v) is 3.19. The van der Waals surface area contributed by atoms with Crippen LogP contribution in [0.25, 0.3) is 0 Å². The summed E-state index contributed by atoms with van der Waals surface area (Å²) in [7, 11) is 5.86. The van der Waals surface area contributed by atoms with Crippen LogP contribution in [0, 0.1) is 5.92 Å². The van der Waals surface area contributed by atoms with Gasteiger partial charge in [-0.3, -0.25) is 9.79 Å². The number of aliphatic imine (C=N–C) groups is 1. The Morgan fingerprint density at radius 3 is 2.66 bits per heavy atom. The highest BCUT2D eigenvalue weighted by Gasteiger charge is 2.27. The maximum Gasteiger partial charge on any atom is 0.309 e. The molecule has 0 unspecified atom stereocenters. The Balaban J connectivity index is 0.00000420. The van der Waals surface area contributed by atoms with Gasteiger partial charge < -0.3 is 24.6 Å². The molecule has 1 aliphatic heterocycles. The lowest BCUT2D eigenvalue weighted by Crippen LogP contribution is -2.46. The van der Waals surface area contributed by atoms with Crippen molar-refractivity contribution in [1.82, 2.24) is 15.1 Å². The number of ether oxygens (including phenoxy) is 2. The lowest BCUT2D eigenvalue weighted by atomic mass is 9.97.